The average Bonchev–Trinajstić information content (AvgIpc) is 2.46. The number of hydrogen-bond acceptors (Lipinski definition) is 6. The Balaban J connectivity index is 2.26. The van der Waals surface area contributed by atoms with Crippen LogP contribution in [-0.2, 0) is 0 Å². The lowest BCUT2D eigenvalue weighted by Gasteiger charge is -2.34. The van der Waals surface area contributed by atoms with E-state index in [1.807, 2.05) is 4.90 Å². The van der Waals surface area contributed by atoms with Crippen molar-refractivity contribution in [1.29, 1.82) is 0 Å². The van der Waals surface area contributed by atoms with E-state index >= 15 is 0 Å². The van der Waals surface area contributed by atoms with Gasteiger partial charge >= 0.3 is 0 Å². The zero-order chi connectivity index (χ0) is 13.0. The molecular formula is C11H17N5O2. The third-order valence-electron chi connectivity index (χ3n) is 3.11. The Kier molecular flexibility index (Phi) is 3.93. The molecule has 1 fully saturated rings. The molecular weight excluding hydrogens is 234 g/mol. The van der Waals surface area contributed by atoms with Crippen LogP contribution in [0.25, 0.3) is 0 Å². The molecule has 2 rings (SSSR count). The fourth-order valence-electron chi connectivity index (χ4n) is 2.13. The van der Waals surface area contributed by atoms with E-state index in [4.69, 9.17) is 10.9 Å². The topological polar surface area (TPSA) is 108 Å². The van der Waals surface area contributed by atoms with Gasteiger partial charge in [-0.05, 0) is 25.3 Å². The van der Waals surface area contributed by atoms with E-state index in [1.54, 1.807) is 12.3 Å². The van der Waals surface area contributed by atoms with Crippen LogP contribution in [0.2, 0.25) is 0 Å². The predicted molar refractivity (Wildman–Crippen MR) is 66.6 cm³/mol. The van der Waals surface area contributed by atoms with Gasteiger partial charge in [0, 0.05) is 12.7 Å². The van der Waals surface area contributed by atoms with Gasteiger partial charge in [-0.3, -0.25) is 0 Å². The zero-order valence-electron chi connectivity index (χ0n) is 10.0. The fourth-order valence-corrected chi connectivity index (χ4v) is 2.13. The summed E-state index contributed by atoms with van der Waals surface area (Å²) < 4.78 is 0. The van der Waals surface area contributed by atoms with Crippen molar-refractivity contribution in [3.63, 3.8) is 0 Å². The Morgan fingerprint density at radius 1 is 1.56 bits per heavy atom. The minimum Gasteiger partial charge on any atom is -0.409 e. The highest BCUT2D eigenvalue weighted by Gasteiger charge is 2.24. The van der Waals surface area contributed by atoms with Gasteiger partial charge in [-0.15, -0.1) is 0 Å². The van der Waals surface area contributed by atoms with Crippen molar-refractivity contribution in [2.45, 2.75) is 25.3 Å². The molecule has 0 saturated carbocycles. The number of hydrogen-bond donors (Lipinski definition) is 3. The first-order chi connectivity index (χ1) is 8.76. The van der Waals surface area contributed by atoms with Crippen molar-refractivity contribution in [2.24, 2.45) is 10.9 Å². The number of nitrogens with two attached hydrogens (primary N) is 1. The van der Waals surface area contributed by atoms with Gasteiger partial charge in [0.1, 0.15) is 5.69 Å². The molecule has 1 aromatic rings. The summed E-state index contributed by atoms with van der Waals surface area (Å²) in [6.45, 7) is 0.891. The van der Waals surface area contributed by atoms with Crippen LogP contribution in [0.1, 0.15) is 25.0 Å². The molecule has 4 N–H and O–H groups in total. The minimum atomic E-state index is -0.0452. The maximum atomic E-state index is 9.36. The van der Waals surface area contributed by atoms with E-state index in [-0.39, 0.29) is 18.5 Å². The molecule has 0 aliphatic carbocycles. The van der Waals surface area contributed by atoms with Gasteiger partial charge < -0.3 is 20.9 Å². The number of rotatable bonds is 3. The summed E-state index contributed by atoms with van der Waals surface area (Å²) in [6, 6.07) is 1.62. The van der Waals surface area contributed by atoms with E-state index in [1.165, 1.54) is 0 Å². The minimum absolute atomic E-state index is 0.0429. The second-order valence-electron chi connectivity index (χ2n) is 4.25. The van der Waals surface area contributed by atoms with Crippen LogP contribution in [0.3, 0.4) is 0 Å². The second-order valence-corrected chi connectivity index (χ2v) is 4.25. The largest absolute Gasteiger partial charge is 0.409 e. The molecule has 98 valence electrons. The van der Waals surface area contributed by atoms with Crippen molar-refractivity contribution >= 4 is 11.8 Å². The summed E-state index contributed by atoms with van der Waals surface area (Å²) in [5, 5.41) is 20.9. The monoisotopic (exact) mass is 251 g/mol. The molecule has 0 spiro atoms. The summed E-state index contributed by atoms with van der Waals surface area (Å²) in [5.74, 6) is 0.467. The average molecular weight is 251 g/mol. The number of oxime groups is 1. The molecule has 0 radical (unpaired) electrons. The van der Waals surface area contributed by atoms with Crippen LogP contribution in [0.5, 0.6) is 0 Å². The number of amidine groups is 1. The summed E-state index contributed by atoms with van der Waals surface area (Å²) in [6.07, 6.45) is 4.64. The molecule has 1 unspecified atom stereocenters. The fraction of sp³-hybridized carbons (Fsp3) is 0.545. The summed E-state index contributed by atoms with van der Waals surface area (Å²) in [5.41, 5.74) is 5.88. The molecule has 7 heteroatoms. The first-order valence-corrected chi connectivity index (χ1v) is 5.94. The van der Waals surface area contributed by atoms with Crippen LogP contribution in [0.4, 0.5) is 5.95 Å². The van der Waals surface area contributed by atoms with Crippen molar-refractivity contribution in [3.05, 3.63) is 18.0 Å². The molecule has 1 atom stereocenters. The lowest BCUT2D eigenvalue weighted by Crippen LogP contribution is -2.43. The Hall–Kier alpha value is -1.89. The van der Waals surface area contributed by atoms with Gasteiger partial charge in [-0.1, -0.05) is 5.16 Å². The van der Waals surface area contributed by atoms with Crippen LogP contribution in [0, 0.1) is 0 Å². The molecule has 1 aliphatic rings. The molecule has 1 aromatic heterocycles. The van der Waals surface area contributed by atoms with Crippen LogP contribution in [0.15, 0.2) is 17.4 Å². The second kappa shape index (κ2) is 5.63. The normalized spacial score (nSPS) is 21.1. The van der Waals surface area contributed by atoms with E-state index in [0.717, 1.165) is 25.8 Å². The summed E-state index contributed by atoms with van der Waals surface area (Å²) >= 11 is 0. The number of anilines is 1. The summed E-state index contributed by atoms with van der Waals surface area (Å²) in [4.78, 5) is 10.4. The Labute approximate surface area is 105 Å². The molecule has 0 bridgehead atoms. The third kappa shape index (κ3) is 2.51. The maximum Gasteiger partial charge on any atom is 0.226 e. The lowest BCUT2D eigenvalue weighted by atomic mass is 10.0. The van der Waals surface area contributed by atoms with Crippen molar-refractivity contribution in [2.75, 3.05) is 18.1 Å². The van der Waals surface area contributed by atoms with E-state index in [2.05, 4.69) is 15.1 Å². The quantitative estimate of drug-likeness (QED) is 0.300. The number of aromatic nitrogens is 2. The van der Waals surface area contributed by atoms with Gasteiger partial charge in [0.15, 0.2) is 5.84 Å². The predicted octanol–water partition coefficient (Wildman–Crippen LogP) is -0.0777. The van der Waals surface area contributed by atoms with Gasteiger partial charge in [-0.25, -0.2) is 9.97 Å². The molecule has 0 amide bonds. The van der Waals surface area contributed by atoms with Crippen LogP contribution >= 0.6 is 0 Å². The summed E-state index contributed by atoms with van der Waals surface area (Å²) in [7, 11) is 0. The highest BCUT2D eigenvalue weighted by molar-refractivity contribution is 5.95. The zero-order valence-corrected chi connectivity index (χ0v) is 10.0. The number of piperidine rings is 1. The molecule has 18 heavy (non-hydrogen) atoms. The lowest BCUT2D eigenvalue weighted by molar-refractivity contribution is 0.239. The first kappa shape index (κ1) is 12.6. The molecule has 2 heterocycles. The number of aliphatic hydroxyl groups excluding tert-OH is 1. The maximum absolute atomic E-state index is 9.36. The van der Waals surface area contributed by atoms with Crippen molar-refractivity contribution in [3.8, 4) is 0 Å². The van der Waals surface area contributed by atoms with E-state index < -0.39 is 0 Å². The van der Waals surface area contributed by atoms with E-state index in [0.29, 0.717) is 11.6 Å². The van der Waals surface area contributed by atoms with Gasteiger partial charge in [0.25, 0.3) is 0 Å². The number of nitrogens with zero attached hydrogens (tertiary/aromatic N) is 4. The number of aliphatic hydroxyl groups is 1. The highest BCUT2D eigenvalue weighted by Crippen LogP contribution is 2.21. The van der Waals surface area contributed by atoms with Gasteiger partial charge in [-0.2, -0.15) is 0 Å². The molecule has 1 saturated heterocycles. The Morgan fingerprint density at radius 2 is 2.39 bits per heavy atom. The van der Waals surface area contributed by atoms with Crippen LogP contribution in [-0.4, -0.2) is 45.3 Å². The highest BCUT2D eigenvalue weighted by atomic mass is 16.4. The molecule has 7 nitrogen and oxygen atoms in total. The van der Waals surface area contributed by atoms with Crippen LogP contribution < -0.4 is 10.6 Å². The van der Waals surface area contributed by atoms with Gasteiger partial charge in [0.2, 0.25) is 5.95 Å². The standard InChI is InChI=1S/C11H17N5O2/c12-10(15-18)9-4-5-13-11(14-9)16-6-2-1-3-8(16)7-17/h4-5,8,17-18H,1-3,6-7H2,(H2,12,15). The van der Waals surface area contributed by atoms with Gasteiger partial charge in [0.05, 0.1) is 12.6 Å². The Bertz CT molecular complexity index is 437. The SMILES string of the molecule is N/C(=N/O)c1ccnc(N2CCCCC2CO)n1. The van der Waals surface area contributed by atoms with E-state index in [9.17, 15) is 5.11 Å². The smallest absolute Gasteiger partial charge is 0.226 e. The third-order valence-corrected chi connectivity index (χ3v) is 3.11. The molecule has 1 aliphatic heterocycles. The van der Waals surface area contributed by atoms with Crippen molar-refractivity contribution < 1.29 is 10.3 Å². The Morgan fingerprint density at radius 3 is 3.11 bits per heavy atom. The molecule has 0 aromatic carbocycles. The first-order valence-electron chi connectivity index (χ1n) is 5.94. The van der Waals surface area contributed by atoms with Crippen molar-refractivity contribution in [1.82, 2.24) is 9.97 Å².